The average molecular weight is 360 g/mol. The van der Waals surface area contributed by atoms with Gasteiger partial charge in [0.05, 0.1) is 18.4 Å². The van der Waals surface area contributed by atoms with Gasteiger partial charge in [-0.2, -0.15) is 0 Å². The van der Waals surface area contributed by atoms with Crippen LogP contribution in [-0.4, -0.2) is 24.0 Å². The first kappa shape index (κ1) is 17.6. The summed E-state index contributed by atoms with van der Waals surface area (Å²) >= 11 is 1.73. The molecule has 25 heavy (non-hydrogen) atoms. The van der Waals surface area contributed by atoms with E-state index in [-0.39, 0.29) is 17.7 Å². The van der Waals surface area contributed by atoms with Crippen LogP contribution in [0.2, 0.25) is 0 Å². The fraction of sp³-hybridized carbons (Fsp3) is 0.316. The van der Waals surface area contributed by atoms with E-state index in [0.717, 1.165) is 5.69 Å². The van der Waals surface area contributed by atoms with E-state index in [1.807, 2.05) is 14.0 Å². The first-order valence-corrected chi connectivity index (χ1v) is 8.91. The van der Waals surface area contributed by atoms with Crippen LogP contribution in [0.5, 0.6) is 5.75 Å². The van der Waals surface area contributed by atoms with Crippen molar-refractivity contribution in [1.29, 1.82) is 0 Å². The number of methoxy groups -OCH3 is 1. The number of ether oxygens (including phenoxy) is 1. The van der Waals surface area contributed by atoms with Crippen LogP contribution in [0.15, 0.2) is 40.1 Å². The molecule has 1 atom stereocenters. The van der Waals surface area contributed by atoms with E-state index >= 15 is 0 Å². The average Bonchev–Trinajstić information content (AvgIpc) is 3.25. The number of rotatable bonds is 6. The number of benzene rings is 1. The minimum absolute atomic E-state index is 0.271. The van der Waals surface area contributed by atoms with Gasteiger partial charge in [0.1, 0.15) is 17.3 Å². The highest BCUT2D eigenvalue weighted by Gasteiger charge is 2.19. The van der Waals surface area contributed by atoms with Gasteiger partial charge in [0.2, 0.25) is 5.89 Å². The zero-order valence-electron chi connectivity index (χ0n) is 14.7. The van der Waals surface area contributed by atoms with Crippen molar-refractivity contribution >= 4 is 11.3 Å². The number of nitrogens with zero attached hydrogens (tertiary/aromatic N) is 2. The number of hydrogen-bond donors (Lipinski definition) is 0. The third-order valence-electron chi connectivity index (χ3n) is 4.31. The summed E-state index contributed by atoms with van der Waals surface area (Å²) in [6.45, 7) is 4.64. The van der Waals surface area contributed by atoms with Gasteiger partial charge in [0.25, 0.3) is 0 Å². The molecule has 0 saturated carbocycles. The maximum absolute atomic E-state index is 14.1. The lowest BCUT2D eigenvalue weighted by Crippen LogP contribution is -2.21. The SMILES string of the molecule is COc1ccc(F)c(-c2nc(CN(C)[C@@H](C)c3cccs3)c(C)o2)c1. The Balaban J connectivity index is 1.83. The molecule has 0 aliphatic heterocycles. The van der Waals surface area contributed by atoms with Gasteiger partial charge in [-0.1, -0.05) is 6.07 Å². The number of oxazole rings is 1. The summed E-state index contributed by atoms with van der Waals surface area (Å²) in [7, 11) is 3.59. The lowest BCUT2D eigenvalue weighted by molar-refractivity contribution is 0.252. The molecule has 0 amide bonds. The first-order valence-electron chi connectivity index (χ1n) is 8.03. The second-order valence-corrected chi connectivity index (χ2v) is 6.95. The molecule has 1 aromatic carbocycles. The second kappa shape index (κ2) is 7.37. The Morgan fingerprint density at radius 2 is 2.16 bits per heavy atom. The number of hydrogen-bond acceptors (Lipinski definition) is 5. The van der Waals surface area contributed by atoms with Crippen molar-refractivity contribution in [3.05, 3.63) is 57.9 Å². The third-order valence-corrected chi connectivity index (χ3v) is 5.35. The Morgan fingerprint density at radius 1 is 1.36 bits per heavy atom. The molecular weight excluding hydrogens is 339 g/mol. The summed E-state index contributed by atoms with van der Waals surface area (Å²) in [5.41, 5.74) is 1.12. The molecule has 0 bridgehead atoms. The maximum atomic E-state index is 14.1. The van der Waals surface area contributed by atoms with Crippen LogP contribution in [-0.2, 0) is 6.54 Å². The first-order chi connectivity index (χ1) is 12.0. The molecule has 3 rings (SSSR count). The van der Waals surface area contributed by atoms with E-state index in [0.29, 0.717) is 23.6 Å². The summed E-state index contributed by atoms with van der Waals surface area (Å²) in [5.74, 6) is 1.16. The van der Waals surface area contributed by atoms with Gasteiger partial charge >= 0.3 is 0 Å². The minimum atomic E-state index is -0.381. The quantitative estimate of drug-likeness (QED) is 0.616. The molecule has 0 aliphatic carbocycles. The Bertz CT molecular complexity index is 845. The molecule has 0 N–H and O–H groups in total. The Hall–Kier alpha value is -2.18. The van der Waals surface area contributed by atoms with Gasteiger partial charge in [-0.25, -0.2) is 9.37 Å². The Morgan fingerprint density at radius 3 is 2.84 bits per heavy atom. The monoisotopic (exact) mass is 360 g/mol. The molecule has 4 nitrogen and oxygen atoms in total. The normalized spacial score (nSPS) is 12.6. The predicted octanol–water partition coefficient (Wildman–Crippen LogP) is 5.05. The largest absolute Gasteiger partial charge is 0.497 e. The van der Waals surface area contributed by atoms with E-state index in [1.54, 1.807) is 30.6 Å². The Labute approximate surface area is 150 Å². The van der Waals surface area contributed by atoms with Crippen LogP contribution in [0.25, 0.3) is 11.5 Å². The maximum Gasteiger partial charge on any atom is 0.229 e. The number of halogens is 1. The molecule has 2 aromatic heterocycles. The van der Waals surface area contributed by atoms with Crippen molar-refractivity contribution in [3.8, 4) is 17.2 Å². The van der Waals surface area contributed by atoms with Crippen LogP contribution in [0, 0.1) is 12.7 Å². The van der Waals surface area contributed by atoms with Gasteiger partial charge in [0.15, 0.2) is 0 Å². The van der Waals surface area contributed by atoms with Gasteiger partial charge in [-0.3, -0.25) is 4.90 Å². The molecule has 3 aromatic rings. The van der Waals surface area contributed by atoms with Crippen molar-refractivity contribution in [2.75, 3.05) is 14.2 Å². The van der Waals surface area contributed by atoms with E-state index in [2.05, 4.69) is 34.3 Å². The van der Waals surface area contributed by atoms with Gasteiger partial charge in [0, 0.05) is 17.5 Å². The summed E-state index contributed by atoms with van der Waals surface area (Å²) in [6, 6.07) is 8.98. The number of aromatic nitrogens is 1. The molecule has 0 spiro atoms. The minimum Gasteiger partial charge on any atom is -0.497 e. The fourth-order valence-electron chi connectivity index (χ4n) is 2.60. The third kappa shape index (κ3) is 3.75. The Kier molecular flexibility index (Phi) is 5.20. The van der Waals surface area contributed by atoms with Crippen LogP contribution in [0.4, 0.5) is 4.39 Å². The molecule has 132 valence electrons. The topological polar surface area (TPSA) is 38.5 Å². The lowest BCUT2D eigenvalue weighted by Gasteiger charge is -2.22. The van der Waals surface area contributed by atoms with Gasteiger partial charge < -0.3 is 9.15 Å². The zero-order chi connectivity index (χ0) is 18.0. The standard InChI is InChI=1S/C19H21FN2O2S/c1-12(18-6-5-9-25-18)22(3)11-17-13(2)24-19(21-17)15-10-14(23-4)7-8-16(15)20/h5-10,12H,11H2,1-4H3/t12-/m0/s1. The molecular formula is C19H21FN2O2S. The molecule has 2 heterocycles. The van der Waals surface area contributed by atoms with Crippen LogP contribution < -0.4 is 4.74 Å². The smallest absolute Gasteiger partial charge is 0.229 e. The molecule has 0 unspecified atom stereocenters. The van der Waals surface area contributed by atoms with E-state index in [1.165, 1.54) is 10.9 Å². The highest BCUT2D eigenvalue weighted by atomic mass is 32.1. The highest BCUT2D eigenvalue weighted by Crippen LogP contribution is 2.30. The zero-order valence-corrected chi connectivity index (χ0v) is 15.6. The summed E-state index contributed by atoms with van der Waals surface area (Å²) in [6.07, 6.45) is 0. The lowest BCUT2D eigenvalue weighted by atomic mass is 10.2. The van der Waals surface area contributed by atoms with Crippen LogP contribution >= 0.6 is 11.3 Å². The predicted molar refractivity (Wildman–Crippen MR) is 97.4 cm³/mol. The van der Waals surface area contributed by atoms with Crippen molar-refractivity contribution in [3.63, 3.8) is 0 Å². The fourth-order valence-corrected chi connectivity index (χ4v) is 3.45. The number of aryl methyl sites for hydroxylation is 1. The van der Waals surface area contributed by atoms with Crippen molar-refractivity contribution in [2.24, 2.45) is 0 Å². The molecule has 0 saturated heterocycles. The van der Waals surface area contributed by atoms with Crippen molar-refractivity contribution in [1.82, 2.24) is 9.88 Å². The van der Waals surface area contributed by atoms with Crippen molar-refractivity contribution < 1.29 is 13.5 Å². The summed E-state index contributed by atoms with van der Waals surface area (Å²) in [5, 5.41) is 2.07. The summed E-state index contributed by atoms with van der Waals surface area (Å²) in [4.78, 5) is 8.01. The number of thiophene rings is 1. The van der Waals surface area contributed by atoms with Crippen LogP contribution in [0.1, 0.15) is 29.3 Å². The van der Waals surface area contributed by atoms with E-state index < -0.39 is 0 Å². The van der Waals surface area contributed by atoms with Crippen molar-refractivity contribution in [2.45, 2.75) is 26.4 Å². The molecule has 0 fully saturated rings. The van der Waals surface area contributed by atoms with E-state index in [9.17, 15) is 4.39 Å². The molecule has 0 radical (unpaired) electrons. The highest BCUT2D eigenvalue weighted by molar-refractivity contribution is 7.10. The van der Waals surface area contributed by atoms with Gasteiger partial charge in [-0.05, 0) is 50.5 Å². The second-order valence-electron chi connectivity index (χ2n) is 5.97. The van der Waals surface area contributed by atoms with E-state index in [4.69, 9.17) is 9.15 Å². The molecule has 6 heteroatoms. The summed E-state index contributed by atoms with van der Waals surface area (Å²) < 4.78 is 25.0. The van der Waals surface area contributed by atoms with Gasteiger partial charge in [-0.15, -0.1) is 11.3 Å². The molecule has 0 aliphatic rings. The van der Waals surface area contributed by atoms with Crippen LogP contribution in [0.3, 0.4) is 0 Å².